The first-order valence-electron chi connectivity index (χ1n) is 10.2. The van der Waals surface area contributed by atoms with E-state index in [-0.39, 0.29) is 29.7 Å². The molecule has 2 amide bonds. The van der Waals surface area contributed by atoms with Crippen LogP contribution < -0.4 is 5.32 Å². The second-order valence-electron chi connectivity index (χ2n) is 8.05. The van der Waals surface area contributed by atoms with E-state index < -0.39 is 0 Å². The topological polar surface area (TPSA) is 62.3 Å². The Balaban J connectivity index is 1.45. The summed E-state index contributed by atoms with van der Waals surface area (Å²) in [5.41, 5.74) is 3.37. The van der Waals surface area contributed by atoms with Crippen molar-refractivity contribution in [2.75, 3.05) is 6.54 Å². The summed E-state index contributed by atoms with van der Waals surface area (Å²) in [6.07, 6.45) is 7.07. The highest BCUT2D eigenvalue weighted by Gasteiger charge is 2.41. The largest absolute Gasteiger partial charge is 0.352 e. The minimum Gasteiger partial charge on any atom is -0.352 e. The minimum atomic E-state index is -0.152. The van der Waals surface area contributed by atoms with Crippen molar-refractivity contribution in [2.45, 2.75) is 45.2 Å². The molecular weight excluding hydrogens is 350 g/mol. The molecule has 1 N–H and O–H groups in total. The Morgan fingerprint density at radius 3 is 2.64 bits per heavy atom. The van der Waals surface area contributed by atoms with Crippen LogP contribution in [0.4, 0.5) is 0 Å². The average molecular weight is 377 g/mol. The van der Waals surface area contributed by atoms with Gasteiger partial charge in [-0.3, -0.25) is 14.6 Å². The van der Waals surface area contributed by atoms with Gasteiger partial charge < -0.3 is 10.2 Å². The van der Waals surface area contributed by atoms with E-state index in [0.29, 0.717) is 13.1 Å². The predicted octanol–water partition coefficient (Wildman–Crippen LogP) is 3.40. The molecule has 28 heavy (non-hydrogen) atoms. The number of hydrogen-bond donors (Lipinski definition) is 1. The number of carbonyl (C=O) groups excluding carboxylic acids is 2. The summed E-state index contributed by atoms with van der Waals surface area (Å²) >= 11 is 0. The maximum atomic E-state index is 13.0. The van der Waals surface area contributed by atoms with E-state index in [9.17, 15) is 9.59 Å². The van der Waals surface area contributed by atoms with Gasteiger partial charge in [-0.15, -0.1) is 0 Å². The molecule has 1 aliphatic carbocycles. The number of rotatable bonds is 5. The fourth-order valence-electron chi connectivity index (χ4n) is 4.05. The van der Waals surface area contributed by atoms with Crippen LogP contribution in [0.1, 0.15) is 48.4 Å². The van der Waals surface area contributed by atoms with Gasteiger partial charge in [-0.25, -0.2) is 0 Å². The van der Waals surface area contributed by atoms with Gasteiger partial charge in [0.25, 0.3) is 0 Å². The Morgan fingerprint density at radius 1 is 1.11 bits per heavy atom. The van der Waals surface area contributed by atoms with E-state index in [4.69, 9.17) is 0 Å². The van der Waals surface area contributed by atoms with E-state index in [1.807, 2.05) is 17.0 Å². The minimum absolute atomic E-state index is 0.0279. The van der Waals surface area contributed by atoms with E-state index in [2.05, 4.69) is 41.5 Å². The molecule has 1 saturated carbocycles. The molecule has 2 atom stereocenters. The monoisotopic (exact) mass is 377 g/mol. The van der Waals surface area contributed by atoms with Gasteiger partial charge in [0.1, 0.15) is 0 Å². The second-order valence-corrected chi connectivity index (χ2v) is 8.05. The Hall–Kier alpha value is -2.69. The Kier molecular flexibility index (Phi) is 5.42. The lowest BCUT2D eigenvalue weighted by Gasteiger charge is -2.40. The van der Waals surface area contributed by atoms with E-state index in [1.54, 1.807) is 12.4 Å². The number of aromatic nitrogens is 1. The van der Waals surface area contributed by atoms with Crippen LogP contribution in [0.25, 0.3) is 0 Å². The zero-order valence-corrected chi connectivity index (χ0v) is 16.3. The standard InChI is InChI=1S/C23H27N3O2/c1-16-4-2-6-19(12-16)21-10-9-20(15-26(21)23(28)18-7-8-18)22(27)25-14-17-5-3-11-24-13-17/h2-6,11-13,18,20-21H,7-10,14-15H2,1H3,(H,25,27)/t20-,21+/m1/s1. The maximum absolute atomic E-state index is 13.0. The van der Waals surface area contributed by atoms with Crippen molar-refractivity contribution < 1.29 is 9.59 Å². The van der Waals surface area contributed by atoms with E-state index in [0.717, 1.165) is 31.2 Å². The summed E-state index contributed by atoms with van der Waals surface area (Å²) in [6.45, 7) is 3.06. The van der Waals surface area contributed by atoms with Gasteiger partial charge in [-0.1, -0.05) is 35.9 Å². The molecule has 0 spiro atoms. The highest BCUT2D eigenvalue weighted by atomic mass is 16.2. The van der Waals surface area contributed by atoms with Crippen molar-refractivity contribution in [2.24, 2.45) is 11.8 Å². The van der Waals surface area contributed by atoms with Gasteiger partial charge in [0.2, 0.25) is 11.8 Å². The number of aryl methyl sites for hydroxylation is 1. The van der Waals surface area contributed by atoms with Crippen LogP contribution in [-0.4, -0.2) is 28.2 Å². The van der Waals surface area contributed by atoms with Crippen molar-refractivity contribution in [3.63, 3.8) is 0 Å². The highest BCUT2D eigenvalue weighted by molar-refractivity contribution is 5.84. The molecule has 2 aliphatic rings. The number of nitrogens with zero attached hydrogens (tertiary/aromatic N) is 2. The SMILES string of the molecule is Cc1cccc([C@@H]2CC[C@@H](C(=O)NCc3cccnc3)CN2C(=O)C2CC2)c1. The lowest BCUT2D eigenvalue weighted by atomic mass is 9.87. The smallest absolute Gasteiger partial charge is 0.226 e. The summed E-state index contributed by atoms with van der Waals surface area (Å²) in [5, 5.41) is 3.02. The molecule has 0 bridgehead atoms. The summed E-state index contributed by atoms with van der Waals surface area (Å²) < 4.78 is 0. The van der Waals surface area contributed by atoms with E-state index in [1.165, 1.54) is 11.1 Å². The first-order valence-corrected chi connectivity index (χ1v) is 10.2. The lowest BCUT2D eigenvalue weighted by Crippen LogP contribution is -2.47. The molecular formula is C23H27N3O2. The zero-order chi connectivity index (χ0) is 19.5. The number of nitrogens with one attached hydrogen (secondary N) is 1. The quantitative estimate of drug-likeness (QED) is 0.869. The Morgan fingerprint density at radius 2 is 1.93 bits per heavy atom. The van der Waals surface area contributed by atoms with Crippen LogP contribution in [0.2, 0.25) is 0 Å². The van der Waals surface area contributed by atoms with Crippen molar-refractivity contribution in [1.82, 2.24) is 15.2 Å². The number of likely N-dealkylation sites (tertiary alicyclic amines) is 1. The van der Waals surface area contributed by atoms with Crippen molar-refractivity contribution in [3.8, 4) is 0 Å². The Bertz CT molecular complexity index is 848. The molecule has 5 nitrogen and oxygen atoms in total. The molecule has 0 unspecified atom stereocenters. The molecule has 5 heteroatoms. The Labute approximate surface area is 166 Å². The van der Waals surface area contributed by atoms with Crippen LogP contribution in [0.3, 0.4) is 0 Å². The molecule has 4 rings (SSSR count). The van der Waals surface area contributed by atoms with Crippen LogP contribution in [0.15, 0.2) is 48.8 Å². The molecule has 0 radical (unpaired) electrons. The van der Waals surface area contributed by atoms with Gasteiger partial charge in [-0.2, -0.15) is 0 Å². The zero-order valence-electron chi connectivity index (χ0n) is 16.3. The number of hydrogen-bond acceptors (Lipinski definition) is 3. The first-order chi connectivity index (χ1) is 13.6. The fraction of sp³-hybridized carbons (Fsp3) is 0.435. The van der Waals surface area contributed by atoms with Crippen LogP contribution in [0.5, 0.6) is 0 Å². The third-order valence-electron chi connectivity index (χ3n) is 5.78. The second kappa shape index (κ2) is 8.13. The predicted molar refractivity (Wildman–Crippen MR) is 107 cm³/mol. The molecule has 1 aliphatic heterocycles. The average Bonchev–Trinajstić information content (AvgIpc) is 3.57. The van der Waals surface area contributed by atoms with Gasteiger partial charge in [-0.05, 0) is 49.8 Å². The van der Waals surface area contributed by atoms with Crippen molar-refractivity contribution >= 4 is 11.8 Å². The normalized spacial score (nSPS) is 22.0. The molecule has 2 heterocycles. The molecule has 1 aromatic carbocycles. The van der Waals surface area contributed by atoms with Gasteiger partial charge in [0, 0.05) is 31.4 Å². The third kappa shape index (κ3) is 4.24. The van der Waals surface area contributed by atoms with Crippen LogP contribution >= 0.6 is 0 Å². The van der Waals surface area contributed by atoms with Gasteiger partial charge >= 0.3 is 0 Å². The van der Waals surface area contributed by atoms with Crippen LogP contribution in [-0.2, 0) is 16.1 Å². The maximum Gasteiger partial charge on any atom is 0.226 e. The molecule has 2 fully saturated rings. The van der Waals surface area contributed by atoms with Gasteiger partial charge in [0.15, 0.2) is 0 Å². The number of pyridine rings is 1. The lowest BCUT2D eigenvalue weighted by molar-refractivity contribution is -0.140. The van der Waals surface area contributed by atoms with E-state index >= 15 is 0 Å². The number of amides is 2. The molecule has 1 saturated heterocycles. The van der Waals surface area contributed by atoms with Crippen LogP contribution in [0, 0.1) is 18.8 Å². The van der Waals surface area contributed by atoms with Crippen molar-refractivity contribution in [1.29, 1.82) is 0 Å². The summed E-state index contributed by atoms with van der Waals surface area (Å²) in [4.78, 5) is 31.8. The first kappa shape index (κ1) is 18.7. The number of carbonyl (C=O) groups is 2. The number of benzene rings is 1. The number of piperidine rings is 1. The fourth-order valence-corrected chi connectivity index (χ4v) is 4.05. The summed E-state index contributed by atoms with van der Waals surface area (Å²) in [5.74, 6) is 0.251. The van der Waals surface area contributed by atoms with Crippen molar-refractivity contribution in [3.05, 3.63) is 65.5 Å². The highest BCUT2D eigenvalue weighted by Crippen LogP contribution is 2.39. The molecule has 146 valence electrons. The van der Waals surface area contributed by atoms with Gasteiger partial charge in [0.05, 0.1) is 12.0 Å². The molecule has 1 aromatic heterocycles. The summed E-state index contributed by atoms with van der Waals surface area (Å²) in [6, 6.07) is 12.3. The summed E-state index contributed by atoms with van der Waals surface area (Å²) in [7, 11) is 0. The third-order valence-corrected chi connectivity index (χ3v) is 5.78. The molecule has 2 aromatic rings.